The number of nitrogens with two attached hydrogens (primary N) is 1. The average molecular weight is 557 g/mol. The van der Waals surface area contributed by atoms with Crippen LogP contribution in [0.3, 0.4) is 0 Å². The lowest BCUT2D eigenvalue weighted by Crippen LogP contribution is -2.54. The number of nitrogens with zero attached hydrogens (tertiary/aromatic N) is 1. The molecule has 39 heavy (non-hydrogen) atoms. The molecule has 3 aromatic rings. The molecule has 2 aliphatic rings. The number of fused-ring (bicyclic) bond motifs is 1. The third kappa shape index (κ3) is 6.86. The molecular formula is C30H35ClF2N4O2. The van der Waals surface area contributed by atoms with Crippen molar-refractivity contribution in [3.05, 3.63) is 77.5 Å². The van der Waals surface area contributed by atoms with Gasteiger partial charge in [0.15, 0.2) is 0 Å². The van der Waals surface area contributed by atoms with Crippen LogP contribution in [0.1, 0.15) is 55.6 Å². The number of benzene rings is 2. The molecule has 2 amide bonds. The fourth-order valence-electron chi connectivity index (χ4n) is 6.10. The summed E-state index contributed by atoms with van der Waals surface area (Å²) in [6, 6.07) is 11.4. The van der Waals surface area contributed by atoms with E-state index in [1.165, 1.54) is 40.8 Å². The number of aromatic amines is 1. The third-order valence-corrected chi connectivity index (χ3v) is 8.14. The first-order valence-electron chi connectivity index (χ1n) is 13.4. The van der Waals surface area contributed by atoms with E-state index >= 15 is 0 Å². The number of halogens is 3. The summed E-state index contributed by atoms with van der Waals surface area (Å²) in [6.07, 6.45) is 10.3. The van der Waals surface area contributed by atoms with E-state index in [-0.39, 0.29) is 36.2 Å². The molecule has 1 saturated carbocycles. The number of hydrogen-bond acceptors (Lipinski definition) is 3. The average Bonchev–Trinajstić information content (AvgIpc) is 3.34. The fourth-order valence-corrected chi connectivity index (χ4v) is 6.10. The first-order chi connectivity index (χ1) is 18.4. The van der Waals surface area contributed by atoms with E-state index in [0.29, 0.717) is 37.4 Å². The molecule has 6 nitrogen and oxygen atoms in total. The highest BCUT2D eigenvalue weighted by molar-refractivity contribution is 5.92. The van der Waals surface area contributed by atoms with Gasteiger partial charge in [0.25, 0.3) is 0 Å². The first-order valence-corrected chi connectivity index (χ1v) is 13.4. The molecule has 1 aromatic heterocycles. The predicted molar refractivity (Wildman–Crippen MR) is 151 cm³/mol. The van der Waals surface area contributed by atoms with E-state index in [0.717, 1.165) is 31.7 Å². The molecule has 2 aromatic carbocycles. The number of aromatic nitrogens is 1. The van der Waals surface area contributed by atoms with E-state index in [9.17, 15) is 18.4 Å². The van der Waals surface area contributed by atoms with E-state index in [2.05, 4.69) is 34.7 Å². The van der Waals surface area contributed by atoms with Gasteiger partial charge >= 0.3 is 0 Å². The second-order valence-corrected chi connectivity index (χ2v) is 10.6. The van der Waals surface area contributed by atoms with Gasteiger partial charge in [-0.3, -0.25) is 9.59 Å². The van der Waals surface area contributed by atoms with Gasteiger partial charge in [0.1, 0.15) is 11.6 Å². The number of piperidine rings is 1. The minimum Gasteiger partial charge on any atom is -0.368 e. The zero-order valence-electron chi connectivity index (χ0n) is 21.7. The van der Waals surface area contributed by atoms with E-state index in [1.807, 2.05) is 6.07 Å². The summed E-state index contributed by atoms with van der Waals surface area (Å²) in [7, 11) is 0. The van der Waals surface area contributed by atoms with Gasteiger partial charge < -0.3 is 20.9 Å². The SMILES string of the molecule is Cl.NC(=O)C(NC1CCC(c2c[nH]c3ccccc23)CC1)C1CCN(C(=O)/C=C/c2cc(F)cc(F)c2)CC1. The Hall–Kier alpha value is -3.23. The van der Waals surface area contributed by atoms with Gasteiger partial charge in [0.2, 0.25) is 11.8 Å². The van der Waals surface area contributed by atoms with Crippen LogP contribution >= 0.6 is 12.4 Å². The fraction of sp³-hybridized carbons (Fsp3) is 0.400. The Balaban J connectivity index is 0.00000353. The van der Waals surface area contributed by atoms with Crippen LogP contribution in [0.2, 0.25) is 0 Å². The maximum atomic E-state index is 13.4. The maximum absolute atomic E-state index is 13.4. The summed E-state index contributed by atoms with van der Waals surface area (Å²) < 4.78 is 26.8. The number of likely N-dealkylation sites (tertiary alicyclic amines) is 1. The molecule has 0 radical (unpaired) electrons. The molecule has 5 rings (SSSR count). The molecule has 1 aliphatic heterocycles. The number of carbonyl (C=O) groups is 2. The van der Waals surface area contributed by atoms with Crippen LogP contribution in [0.5, 0.6) is 0 Å². The Labute approximate surface area is 233 Å². The second kappa shape index (κ2) is 12.7. The lowest BCUT2D eigenvalue weighted by atomic mass is 9.80. The summed E-state index contributed by atoms with van der Waals surface area (Å²) in [4.78, 5) is 30.1. The van der Waals surface area contributed by atoms with E-state index in [1.54, 1.807) is 4.90 Å². The molecule has 2 heterocycles. The Morgan fingerprint density at radius 3 is 2.33 bits per heavy atom. The van der Waals surface area contributed by atoms with Crippen LogP contribution in [0.15, 0.2) is 54.7 Å². The zero-order valence-corrected chi connectivity index (χ0v) is 22.6. The van der Waals surface area contributed by atoms with Gasteiger partial charge in [-0.2, -0.15) is 0 Å². The summed E-state index contributed by atoms with van der Waals surface area (Å²) in [5.41, 5.74) is 8.66. The van der Waals surface area contributed by atoms with Gasteiger partial charge in [0, 0.05) is 48.4 Å². The lowest BCUT2D eigenvalue weighted by molar-refractivity contribution is -0.128. The Morgan fingerprint density at radius 2 is 1.67 bits per heavy atom. The smallest absolute Gasteiger partial charge is 0.246 e. The number of primary amides is 1. The van der Waals surface area contributed by atoms with Crippen molar-refractivity contribution >= 4 is 41.2 Å². The Bertz CT molecular complexity index is 1310. The molecule has 1 atom stereocenters. The summed E-state index contributed by atoms with van der Waals surface area (Å²) in [5, 5.41) is 4.85. The molecule has 0 bridgehead atoms. The molecule has 9 heteroatoms. The van der Waals surface area contributed by atoms with Crippen molar-refractivity contribution in [3.8, 4) is 0 Å². The number of para-hydroxylation sites is 1. The summed E-state index contributed by atoms with van der Waals surface area (Å²) in [5.74, 6) is -1.37. The first kappa shape index (κ1) is 28.8. The number of amides is 2. The molecular weight excluding hydrogens is 522 g/mol. The van der Waals surface area contributed by atoms with Crippen molar-refractivity contribution in [3.63, 3.8) is 0 Å². The Morgan fingerprint density at radius 1 is 1.00 bits per heavy atom. The summed E-state index contributed by atoms with van der Waals surface area (Å²) >= 11 is 0. The van der Waals surface area contributed by atoms with Crippen LogP contribution in [0, 0.1) is 17.6 Å². The molecule has 1 unspecified atom stereocenters. The van der Waals surface area contributed by atoms with Crippen LogP contribution in [-0.2, 0) is 9.59 Å². The van der Waals surface area contributed by atoms with Gasteiger partial charge in [-0.05, 0) is 85.8 Å². The van der Waals surface area contributed by atoms with Crippen LogP contribution in [0.4, 0.5) is 8.78 Å². The van der Waals surface area contributed by atoms with Gasteiger partial charge in [-0.25, -0.2) is 8.78 Å². The van der Waals surface area contributed by atoms with Gasteiger partial charge in [0.05, 0.1) is 6.04 Å². The predicted octanol–water partition coefficient (Wildman–Crippen LogP) is 5.29. The standard InChI is InChI=1S/C30H34F2N4O2.ClH/c31-22-15-19(16-23(32)17-22)5-10-28(37)36-13-11-21(12-14-36)29(30(33)38)35-24-8-6-20(7-9-24)26-18-34-27-4-2-1-3-25(26)27;/h1-5,10,15-18,20-21,24,29,34-35H,6-9,11-14H2,(H2,33,38);1H/b10-5+;. The number of H-pyrrole nitrogens is 1. The van der Waals surface area contributed by atoms with Gasteiger partial charge in [-0.15, -0.1) is 12.4 Å². The molecule has 4 N–H and O–H groups in total. The molecule has 2 fully saturated rings. The minimum absolute atomic E-state index is 0. The minimum atomic E-state index is -0.686. The van der Waals surface area contributed by atoms with Crippen LogP contribution in [0.25, 0.3) is 17.0 Å². The Kier molecular flexibility index (Phi) is 9.40. The van der Waals surface area contributed by atoms with Crippen LogP contribution < -0.4 is 11.1 Å². The quantitative estimate of drug-likeness (QED) is 0.345. The number of hydrogen-bond donors (Lipinski definition) is 3. The molecule has 0 spiro atoms. The van der Waals surface area contributed by atoms with E-state index in [4.69, 9.17) is 5.73 Å². The maximum Gasteiger partial charge on any atom is 0.246 e. The highest BCUT2D eigenvalue weighted by Gasteiger charge is 2.34. The van der Waals surface area contributed by atoms with Crippen molar-refractivity contribution in [1.82, 2.24) is 15.2 Å². The third-order valence-electron chi connectivity index (χ3n) is 8.14. The summed E-state index contributed by atoms with van der Waals surface area (Å²) in [6.45, 7) is 1.01. The van der Waals surface area contributed by atoms with Crippen molar-refractivity contribution < 1.29 is 18.4 Å². The number of rotatable bonds is 7. The normalized spacial score (nSPS) is 21.1. The second-order valence-electron chi connectivity index (χ2n) is 10.6. The van der Waals surface area contributed by atoms with Crippen molar-refractivity contribution in [2.24, 2.45) is 11.7 Å². The molecule has 1 saturated heterocycles. The van der Waals surface area contributed by atoms with Crippen molar-refractivity contribution in [2.75, 3.05) is 13.1 Å². The highest BCUT2D eigenvalue weighted by Crippen LogP contribution is 2.37. The lowest BCUT2D eigenvalue weighted by Gasteiger charge is -2.38. The highest BCUT2D eigenvalue weighted by atomic mass is 35.5. The van der Waals surface area contributed by atoms with Crippen LogP contribution in [-0.4, -0.2) is 46.9 Å². The molecule has 1 aliphatic carbocycles. The zero-order chi connectivity index (χ0) is 26.6. The topological polar surface area (TPSA) is 91.2 Å². The van der Waals surface area contributed by atoms with Crippen molar-refractivity contribution in [2.45, 2.75) is 56.5 Å². The number of carbonyl (C=O) groups excluding carboxylic acids is 2. The largest absolute Gasteiger partial charge is 0.368 e. The van der Waals surface area contributed by atoms with Gasteiger partial charge in [-0.1, -0.05) is 18.2 Å². The van der Waals surface area contributed by atoms with Crippen molar-refractivity contribution in [1.29, 1.82) is 0 Å². The number of nitrogens with one attached hydrogen (secondary N) is 2. The monoisotopic (exact) mass is 556 g/mol. The van der Waals surface area contributed by atoms with E-state index < -0.39 is 17.7 Å². The molecule has 208 valence electrons.